The van der Waals surface area contributed by atoms with E-state index in [1.165, 1.54) is 65.4 Å². The van der Waals surface area contributed by atoms with Crippen LogP contribution in [-0.4, -0.2) is 79.4 Å². The van der Waals surface area contributed by atoms with E-state index in [9.17, 15) is 24.0 Å². The van der Waals surface area contributed by atoms with E-state index in [2.05, 4.69) is 59.8 Å². The van der Waals surface area contributed by atoms with E-state index >= 15 is 0 Å². The average Bonchev–Trinajstić information content (AvgIpc) is 3.49. The van der Waals surface area contributed by atoms with E-state index in [4.69, 9.17) is 33.2 Å². The number of carbonyl (C=O) groups excluding carboxylic acids is 5. The predicted octanol–water partition coefficient (Wildman–Crippen LogP) is 7.84. The Labute approximate surface area is 345 Å². The number of fused-ring (bicyclic) bond motifs is 5. The van der Waals surface area contributed by atoms with Crippen LogP contribution in [0.2, 0.25) is 0 Å². The molecule has 12 heteroatoms. The van der Waals surface area contributed by atoms with Gasteiger partial charge in [-0.25, -0.2) is 0 Å². The SMILES string of the molecule is CC[C@H](/C=C/[C@@H](C)[C@H]1CC[C@H]2[C@@H]3CC=C4C[C@@H](O[C@H]5OC(COC(C)=O)(COC(C)=O)[C@H](OC(C)=O)[C@H](OC(C)=O)[C@H]5OC(C)=O)CC[C@]4(C)[C@H]3CC[C@]12C)C(C)C. The molecule has 0 radical (unpaired) electrons. The lowest BCUT2D eigenvalue weighted by molar-refractivity contribution is -0.355. The van der Waals surface area contributed by atoms with E-state index in [0.29, 0.717) is 59.7 Å². The number of hydrogen-bond donors (Lipinski definition) is 0. The van der Waals surface area contributed by atoms with Crippen molar-refractivity contribution in [1.29, 1.82) is 0 Å². The zero-order chi connectivity index (χ0) is 42.7. The van der Waals surface area contributed by atoms with Crippen LogP contribution in [0.5, 0.6) is 0 Å². The summed E-state index contributed by atoms with van der Waals surface area (Å²) in [5.74, 6) is 0.783. The summed E-state index contributed by atoms with van der Waals surface area (Å²) < 4.78 is 41.2. The van der Waals surface area contributed by atoms with Gasteiger partial charge in [-0.1, -0.05) is 65.3 Å². The summed E-state index contributed by atoms with van der Waals surface area (Å²) in [6.07, 6.45) is 10.8. The summed E-state index contributed by atoms with van der Waals surface area (Å²) in [6.45, 7) is 19.2. The maximum absolute atomic E-state index is 12.6. The Morgan fingerprint density at radius 1 is 0.776 bits per heavy atom. The number of carbonyl (C=O) groups is 5. The van der Waals surface area contributed by atoms with E-state index < -0.39 is 73.3 Å². The van der Waals surface area contributed by atoms with E-state index in [-0.39, 0.29) is 11.5 Å². The molecule has 5 aliphatic rings. The van der Waals surface area contributed by atoms with Crippen LogP contribution in [-0.2, 0) is 57.1 Å². The molecule has 1 heterocycles. The van der Waals surface area contributed by atoms with Crippen LogP contribution < -0.4 is 0 Å². The standard InChI is InChI=1S/C46H70O12/c1-12-33(26(2)3)14-13-27(4)37-17-18-38-36-16-15-34-23-35(19-21-44(34,10)39(36)20-22-45(37,38)11)57-43-41(55-31(8)50)40(54-30(7)49)42(56-32(9)51)46(58-43,24-52-28(5)47)25-53-29(6)48/h13-15,26-27,33,35-43H,12,16-25H2,1-11H3/b14-13+/t27-,33-,35+,36+,37-,38+,39+,40-,41-,42-,43+,44+,45-/m1/s1. The number of esters is 5. The fraction of sp³-hybridized carbons (Fsp3) is 0.804. The summed E-state index contributed by atoms with van der Waals surface area (Å²) >= 11 is 0. The average molecular weight is 815 g/mol. The summed E-state index contributed by atoms with van der Waals surface area (Å²) in [5, 5.41) is 0. The Morgan fingerprint density at radius 2 is 1.40 bits per heavy atom. The van der Waals surface area contributed by atoms with E-state index in [1.54, 1.807) is 0 Å². The maximum Gasteiger partial charge on any atom is 0.303 e. The molecular weight excluding hydrogens is 744 g/mol. The molecule has 0 aromatic carbocycles. The summed E-state index contributed by atoms with van der Waals surface area (Å²) in [6, 6.07) is 0. The van der Waals surface area contributed by atoms with Gasteiger partial charge in [0, 0.05) is 34.6 Å². The highest BCUT2D eigenvalue weighted by molar-refractivity contribution is 5.69. The van der Waals surface area contributed by atoms with Gasteiger partial charge in [0.1, 0.15) is 13.2 Å². The molecule has 0 bridgehead atoms. The minimum atomic E-state index is -1.89. The van der Waals surface area contributed by atoms with Gasteiger partial charge in [-0.2, -0.15) is 0 Å². The molecule has 13 atom stereocenters. The van der Waals surface area contributed by atoms with Gasteiger partial charge in [0.25, 0.3) is 0 Å². The molecule has 58 heavy (non-hydrogen) atoms. The summed E-state index contributed by atoms with van der Waals surface area (Å²) in [7, 11) is 0. The molecule has 4 aliphatic carbocycles. The molecule has 12 nitrogen and oxygen atoms in total. The molecule has 0 amide bonds. The number of allylic oxidation sites excluding steroid dienone is 3. The lowest BCUT2D eigenvalue weighted by Crippen LogP contribution is -2.71. The summed E-state index contributed by atoms with van der Waals surface area (Å²) in [4.78, 5) is 62.0. The van der Waals surface area contributed by atoms with Gasteiger partial charge in [-0.15, -0.1) is 0 Å². The first-order valence-electron chi connectivity index (χ1n) is 21.7. The Balaban J connectivity index is 1.40. The van der Waals surface area contributed by atoms with Crippen LogP contribution in [0.1, 0.15) is 134 Å². The molecular formula is C46H70O12. The lowest BCUT2D eigenvalue weighted by Gasteiger charge is -2.58. The third-order valence-electron chi connectivity index (χ3n) is 14.8. The van der Waals surface area contributed by atoms with Crippen molar-refractivity contribution in [3.63, 3.8) is 0 Å². The normalized spacial score (nSPS) is 36.3. The fourth-order valence-corrected chi connectivity index (χ4v) is 11.9. The zero-order valence-electron chi connectivity index (χ0n) is 36.8. The molecule has 1 aliphatic heterocycles. The second-order valence-corrected chi connectivity index (χ2v) is 18.8. The maximum atomic E-state index is 12.6. The molecule has 0 unspecified atom stereocenters. The highest BCUT2D eigenvalue weighted by Crippen LogP contribution is 2.67. The predicted molar refractivity (Wildman–Crippen MR) is 215 cm³/mol. The van der Waals surface area contributed by atoms with Gasteiger partial charge in [-0.05, 0) is 110 Å². The van der Waals surface area contributed by atoms with Crippen molar-refractivity contribution >= 4 is 29.8 Å². The van der Waals surface area contributed by atoms with Crippen molar-refractivity contribution in [3.05, 3.63) is 23.8 Å². The zero-order valence-corrected chi connectivity index (χ0v) is 36.8. The summed E-state index contributed by atoms with van der Waals surface area (Å²) in [5.41, 5.74) is -0.196. The molecule has 0 spiro atoms. The highest BCUT2D eigenvalue weighted by atomic mass is 16.8. The van der Waals surface area contributed by atoms with Crippen molar-refractivity contribution in [2.24, 2.45) is 52.3 Å². The monoisotopic (exact) mass is 814 g/mol. The second kappa shape index (κ2) is 18.6. The van der Waals surface area contributed by atoms with Gasteiger partial charge in [0.2, 0.25) is 0 Å². The van der Waals surface area contributed by atoms with Crippen LogP contribution in [0.15, 0.2) is 23.8 Å². The topological polar surface area (TPSA) is 150 Å². The second-order valence-electron chi connectivity index (χ2n) is 18.8. The van der Waals surface area contributed by atoms with Gasteiger partial charge >= 0.3 is 29.8 Å². The molecule has 0 N–H and O–H groups in total. The van der Waals surface area contributed by atoms with Gasteiger partial charge < -0.3 is 33.2 Å². The Bertz CT molecular complexity index is 1570. The smallest absolute Gasteiger partial charge is 0.303 e. The van der Waals surface area contributed by atoms with Gasteiger partial charge in [0.05, 0.1) is 6.10 Å². The van der Waals surface area contributed by atoms with Crippen molar-refractivity contribution in [3.8, 4) is 0 Å². The molecule has 326 valence electrons. The van der Waals surface area contributed by atoms with Crippen molar-refractivity contribution in [2.75, 3.05) is 13.2 Å². The van der Waals surface area contributed by atoms with Gasteiger partial charge in [-0.3, -0.25) is 24.0 Å². The van der Waals surface area contributed by atoms with Crippen molar-refractivity contribution < 1.29 is 57.1 Å². The van der Waals surface area contributed by atoms with E-state index in [0.717, 1.165) is 19.8 Å². The first kappa shape index (κ1) is 45.8. The fourth-order valence-electron chi connectivity index (χ4n) is 11.9. The minimum Gasteiger partial charge on any atom is -0.462 e. The molecule has 0 aromatic heterocycles. The first-order valence-corrected chi connectivity index (χ1v) is 21.7. The largest absolute Gasteiger partial charge is 0.462 e. The molecule has 3 saturated carbocycles. The van der Waals surface area contributed by atoms with Crippen LogP contribution in [0.25, 0.3) is 0 Å². The highest BCUT2D eigenvalue weighted by Gasteiger charge is 2.63. The van der Waals surface area contributed by atoms with Crippen molar-refractivity contribution in [2.45, 2.75) is 170 Å². The third-order valence-corrected chi connectivity index (χ3v) is 14.8. The van der Waals surface area contributed by atoms with E-state index in [1.807, 2.05) is 0 Å². The van der Waals surface area contributed by atoms with Crippen LogP contribution in [0.4, 0.5) is 0 Å². The van der Waals surface area contributed by atoms with Crippen molar-refractivity contribution in [1.82, 2.24) is 0 Å². The van der Waals surface area contributed by atoms with Crippen LogP contribution in [0.3, 0.4) is 0 Å². The quantitative estimate of drug-likeness (QED) is 0.0955. The number of ether oxygens (including phenoxy) is 7. The Hall–Kier alpha value is -3.25. The van der Waals surface area contributed by atoms with Gasteiger partial charge in [0.15, 0.2) is 30.2 Å². The minimum absolute atomic E-state index is 0.0111. The van der Waals surface area contributed by atoms with Crippen LogP contribution >= 0.6 is 0 Å². The molecule has 4 fully saturated rings. The number of hydrogen-bond acceptors (Lipinski definition) is 12. The molecule has 0 aromatic rings. The first-order chi connectivity index (χ1) is 27.2. The Kier molecular flexibility index (Phi) is 14.7. The lowest BCUT2D eigenvalue weighted by atomic mass is 9.47. The third kappa shape index (κ3) is 9.69. The number of rotatable bonds is 14. The molecule has 5 rings (SSSR count). The molecule has 1 saturated heterocycles. The van der Waals surface area contributed by atoms with Crippen LogP contribution in [0, 0.1) is 52.3 Å². The Morgan fingerprint density at radius 3 is 1.97 bits per heavy atom.